The van der Waals surface area contributed by atoms with E-state index in [4.69, 9.17) is 4.52 Å². The highest BCUT2D eigenvalue weighted by molar-refractivity contribution is 5.26. The van der Waals surface area contributed by atoms with E-state index in [0.29, 0.717) is 11.9 Å². The summed E-state index contributed by atoms with van der Waals surface area (Å²) in [4.78, 5) is 4.43. The van der Waals surface area contributed by atoms with Gasteiger partial charge >= 0.3 is 0 Å². The maximum absolute atomic E-state index is 5.36. The zero-order valence-corrected chi connectivity index (χ0v) is 14.8. The lowest BCUT2D eigenvalue weighted by Gasteiger charge is -2.29. The first-order valence-electron chi connectivity index (χ1n) is 8.56. The maximum atomic E-state index is 5.36. The van der Waals surface area contributed by atoms with E-state index in [0.717, 1.165) is 25.1 Å². The van der Waals surface area contributed by atoms with E-state index in [9.17, 15) is 0 Å². The van der Waals surface area contributed by atoms with Gasteiger partial charge in [0.05, 0.1) is 17.8 Å². The van der Waals surface area contributed by atoms with Crippen molar-refractivity contribution >= 4 is 0 Å². The largest absolute Gasteiger partial charge is 0.338 e. The van der Waals surface area contributed by atoms with Crippen molar-refractivity contribution in [3.8, 4) is 0 Å². The van der Waals surface area contributed by atoms with E-state index < -0.39 is 0 Å². The predicted octanol–water partition coefficient (Wildman–Crippen LogP) is 3.31. The molecule has 2 aromatic rings. The van der Waals surface area contributed by atoms with E-state index >= 15 is 0 Å². The van der Waals surface area contributed by atoms with Crippen LogP contribution in [0.25, 0.3) is 0 Å². The molecule has 2 heterocycles. The van der Waals surface area contributed by atoms with Crippen LogP contribution >= 0.6 is 0 Å². The first-order chi connectivity index (χ1) is 10.9. The SMILES string of the molecule is CCc1noc([C@H](C)N[C@@H]2CCCc3c2cnn3C(C)(C)C)n1. The Balaban J connectivity index is 1.79. The molecule has 2 atom stereocenters. The molecule has 0 aromatic carbocycles. The third kappa shape index (κ3) is 3.17. The molecule has 0 saturated carbocycles. The van der Waals surface area contributed by atoms with E-state index in [2.05, 4.69) is 52.9 Å². The summed E-state index contributed by atoms with van der Waals surface area (Å²) in [5.74, 6) is 1.43. The molecule has 0 saturated heterocycles. The van der Waals surface area contributed by atoms with Crippen molar-refractivity contribution in [3.05, 3.63) is 29.2 Å². The minimum atomic E-state index is 0.0175. The molecule has 1 aliphatic rings. The molecule has 0 unspecified atom stereocenters. The molecule has 126 valence electrons. The second-order valence-corrected chi connectivity index (χ2v) is 7.36. The number of aryl methyl sites for hydroxylation is 1. The quantitative estimate of drug-likeness (QED) is 0.937. The Bertz CT molecular complexity index is 667. The van der Waals surface area contributed by atoms with Crippen LogP contribution in [-0.4, -0.2) is 19.9 Å². The number of aromatic nitrogens is 4. The van der Waals surface area contributed by atoms with Crippen LogP contribution in [0.15, 0.2) is 10.7 Å². The molecule has 0 aliphatic heterocycles. The zero-order valence-electron chi connectivity index (χ0n) is 14.8. The van der Waals surface area contributed by atoms with Crippen molar-refractivity contribution in [2.24, 2.45) is 0 Å². The Labute approximate surface area is 137 Å². The second kappa shape index (κ2) is 6.07. The highest BCUT2D eigenvalue weighted by atomic mass is 16.5. The van der Waals surface area contributed by atoms with Crippen LogP contribution < -0.4 is 5.32 Å². The molecule has 3 rings (SSSR count). The van der Waals surface area contributed by atoms with Crippen molar-refractivity contribution in [1.29, 1.82) is 0 Å². The molecule has 6 nitrogen and oxygen atoms in total. The van der Waals surface area contributed by atoms with Crippen molar-refractivity contribution in [2.75, 3.05) is 0 Å². The fraction of sp³-hybridized carbons (Fsp3) is 0.706. The van der Waals surface area contributed by atoms with Gasteiger partial charge in [-0.05, 0) is 47.0 Å². The van der Waals surface area contributed by atoms with Crippen LogP contribution in [0.5, 0.6) is 0 Å². The molecule has 23 heavy (non-hydrogen) atoms. The van der Waals surface area contributed by atoms with Gasteiger partial charge in [0.1, 0.15) is 0 Å². The van der Waals surface area contributed by atoms with E-state index in [1.807, 2.05) is 13.1 Å². The molecule has 6 heteroatoms. The molecule has 0 amide bonds. The molecular weight excluding hydrogens is 290 g/mol. The summed E-state index contributed by atoms with van der Waals surface area (Å²) < 4.78 is 7.53. The first kappa shape index (κ1) is 16.2. The lowest BCUT2D eigenvalue weighted by atomic mass is 9.91. The van der Waals surface area contributed by atoms with Crippen LogP contribution in [0.3, 0.4) is 0 Å². The molecule has 0 spiro atoms. The minimum Gasteiger partial charge on any atom is -0.338 e. The topological polar surface area (TPSA) is 68.8 Å². The van der Waals surface area contributed by atoms with Gasteiger partial charge in [0, 0.05) is 23.7 Å². The standard InChI is InChI=1S/C17H27N5O/c1-6-15-20-16(23-21-15)11(2)19-13-8-7-9-14-12(13)10-18-22(14)17(3,4)5/h10-11,13,19H,6-9H2,1-5H3/t11-,13+/m0/s1. The molecule has 0 bridgehead atoms. The second-order valence-electron chi connectivity index (χ2n) is 7.36. The average Bonchev–Trinajstić information content (AvgIpc) is 3.13. The molecule has 0 radical (unpaired) electrons. The third-order valence-corrected chi connectivity index (χ3v) is 4.44. The number of nitrogens with one attached hydrogen (secondary N) is 1. The van der Waals surface area contributed by atoms with Crippen LogP contribution in [0.1, 0.15) is 82.5 Å². The van der Waals surface area contributed by atoms with Gasteiger partial charge in [0.2, 0.25) is 5.89 Å². The van der Waals surface area contributed by atoms with Gasteiger partial charge in [-0.25, -0.2) is 0 Å². The van der Waals surface area contributed by atoms with Crippen LogP contribution in [-0.2, 0) is 18.4 Å². The maximum Gasteiger partial charge on any atom is 0.243 e. The molecule has 0 fully saturated rings. The average molecular weight is 317 g/mol. The van der Waals surface area contributed by atoms with E-state index in [-0.39, 0.29) is 11.6 Å². The zero-order chi connectivity index (χ0) is 16.6. The monoisotopic (exact) mass is 317 g/mol. The van der Waals surface area contributed by atoms with Crippen molar-refractivity contribution in [2.45, 2.75) is 77.9 Å². The van der Waals surface area contributed by atoms with Gasteiger partial charge in [0.15, 0.2) is 5.82 Å². The predicted molar refractivity (Wildman–Crippen MR) is 88.1 cm³/mol. The Kier molecular flexibility index (Phi) is 4.27. The lowest BCUT2D eigenvalue weighted by Crippen LogP contribution is -2.30. The number of hydrogen-bond donors (Lipinski definition) is 1. The summed E-state index contributed by atoms with van der Waals surface area (Å²) >= 11 is 0. The summed E-state index contributed by atoms with van der Waals surface area (Å²) in [6.07, 6.45) is 6.20. The Morgan fingerprint density at radius 1 is 1.43 bits per heavy atom. The summed E-state index contributed by atoms with van der Waals surface area (Å²) in [7, 11) is 0. The molecular formula is C17H27N5O. The molecule has 1 N–H and O–H groups in total. The van der Waals surface area contributed by atoms with Crippen LogP contribution in [0.4, 0.5) is 0 Å². The van der Waals surface area contributed by atoms with Gasteiger partial charge in [-0.15, -0.1) is 0 Å². The smallest absolute Gasteiger partial charge is 0.243 e. The number of hydrogen-bond acceptors (Lipinski definition) is 5. The highest BCUT2D eigenvalue weighted by Crippen LogP contribution is 2.33. The van der Waals surface area contributed by atoms with Crippen molar-refractivity contribution in [3.63, 3.8) is 0 Å². The van der Waals surface area contributed by atoms with Gasteiger partial charge < -0.3 is 4.52 Å². The van der Waals surface area contributed by atoms with Gasteiger partial charge in [-0.2, -0.15) is 10.1 Å². The normalized spacial score (nSPS) is 19.6. The third-order valence-electron chi connectivity index (χ3n) is 4.44. The Morgan fingerprint density at radius 3 is 2.87 bits per heavy atom. The van der Waals surface area contributed by atoms with E-state index in [1.165, 1.54) is 17.7 Å². The van der Waals surface area contributed by atoms with Crippen LogP contribution in [0, 0.1) is 0 Å². The fourth-order valence-corrected chi connectivity index (χ4v) is 3.27. The summed E-state index contributed by atoms with van der Waals surface area (Å²) in [5, 5.41) is 12.3. The van der Waals surface area contributed by atoms with Crippen molar-refractivity contribution < 1.29 is 4.52 Å². The summed E-state index contributed by atoms with van der Waals surface area (Å²) in [6.45, 7) is 10.7. The number of nitrogens with zero attached hydrogens (tertiary/aromatic N) is 4. The highest BCUT2D eigenvalue weighted by Gasteiger charge is 2.29. The fourth-order valence-electron chi connectivity index (χ4n) is 3.27. The Morgan fingerprint density at radius 2 is 2.22 bits per heavy atom. The summed E-state index contributed by atoms with van der Waals surface area (Å²) in [6, 6.07) is 0.332. The van der Waals surface area contributed by atoms with Crippen LogP contribution in [0.2, 0.25) is 0 Å². The van der Waals surface area contributed by atoms with Gasteiger partial charge in [0.25, 0.3) is 0 Å². The first-order valence-corrected chi connectivity index (χ1v) is 8.56. The van der Waals surface area contributed by atoms with Gasteiger partial charge in [-0.1, -0.05) is 12.1 Å². The molecule has 2 aromatic heterocycles. The van der Waals surface area contributed by atoms with Gasteiger partial charge in [-0.3, -0.25) is 10.00 Å². The number of rotatable bonds is 4. The summed E-state index contributed by atoms with van der Waals surface area (Å²) in [5.41, 5.74) is 2.69. The Hall–Kier alpha value is -1.69. The molecule has 1 aliphatic carbocycles. The lowest BCUT2D eigenvalue weighted by molar-refractivity contribution is 0.305. The van der Waals surface area contributed by atoms with Crippen molar-refractivity contribution in [1.82, 2.24) is 25.2 Å². The van der Waals surface area contributed by atoms with E-state index in [1.54, 1.807) is 0 Å². The minimum absolute atomic E-state index is 0.0175. The number of fused-ring (bicyclic) bond motifs is 1.